The Labute approximate surface area is 119 Å². The van der Waals surface area contributed by atoms with E-state index in [2.05, 4.69) is 17.0 Å². The van der Waals surface area contributed by atoms with E-state index in [1.54, 1.807) is 18.2 Å². The molecule has 0 fully saturated rings. The average molecular weight is 290 g/mol. The minimum Gasteiger partial charge on any atom is -0.480 e. The second kappa shape index (κ2) is 6.04. The van der Waals surface area contributed by atoms with Gasteiger partial charge in [0, 0.05) is 6.20 Å². The zero-order valence-corrected chi connectivity index (χ0v) is 11.1. The number of carbonyl (C=O) groups excluding carboxylic acids is 1. The van der Waals surface area contributed by atoms with Gasteiger partial charge in [-0.15, -0.1) is 11.7 Å². The van der Waals surface area contributed by atoms with Crippen molar-refractivity contribution in [2.75, 3.05) is 0 Å². The van der Waals surface area contributed by atoms with Gasteiger partial charge in [-0.05, 0) is 18.6 Å². The predicted molar refractivity (Wildman–Crippen MR) is 73.8 cm³/mol. The number of pyridine rings is 1. The van der Waals surface area contributed by atoms with E-state index >= 15 is 0 Å². The van der Waals surface area contributed by atoms with Crippen molar-refractivity contribution < 1.29 is 14.7 Å². The zero-order chi connectivity index (χ0) is 15.4. The molecule has 1 amide bonds. The lowest BCUT2D eigenvalue weighted by Crippen LogP contribution is -2.43. The van der Waals surface area contributed by atoms with Crippen LogP contribution in [-0.2, 0) is 16.1 Å². The highest BCUT2D eigenvalue weighted by Crippen LogP contribution is 1.96. The lowest BCUT2D eigenvalue weighted by molar-refractivity contribution is -0.141. The lowest BCUT2D eigenvalue weighted by Gasteiger charge is -2.11. The van der Waals surface area contributed by atoms with E-state index in [-0.39, 0.29) is 13.0 Å². The number of aliphatic carboxylic acids is 1. The number of carboxylic acids is 1. The number of nitrogens with one attached hydrogen (secondary N) is 1. The summed E-state index contributed by atoms with van der Waals surface area (Å²) in [6.07, 6.45) is 3.04. The van der Waals surface area contributed by atoms with Gasteiger partial charge in [-0.3, -0.25) is 9.20 Å². The van der Waals surface area contributed by atoms with Crippen LogP contribution in [0.1, 0.15) is 6.42 Å². The smallest absolute Gasteiger partial charge is 0.350 e. The van der Waals surface area contributed by atoms with Crippen molar-refractivity contribution in [3.05, 3.63) is 47.5 Å². The maximum absolute atomic E-state index is 12.0. The Morgan fingerprint density at radius 2 is 2.24 bits per heavy atom. The summed E-state index contributed by atoms with van der Waals surface area (Å²) < 4.78 is 2.28. The maximum Gasteiger partial charge on any atom is 0.350 e. The fraction of sp³-hybridized carbons (Fsp3) is 0.231. The normalized spacial score (nSPS) is 12.0. The van der Waals surface area contributed by atoms with Gasteiger partial charge >= 0.3 is 11.7 Å². The number of hydrogen-bond acceptors (Lipinski definition) is 4. The van der Waals surface area contributed by atoms with Crippen LogP contribution in [0.2, 0.25) is 0 Å². The highest BCUT2D eigenvalue weighted by Gasteiger charge is 2.19. The first kappa shape index (κ1) is 14.5. The topological polar surface area (TPSA) is 106 Å². The van der Waals surface area contributed by atoms with Crippen LogP contribution in [0.5, 0.6) is 0 Å². The molecule has 0 radical (unpaired) electrons. The molecule has 2 N–H and O–H groups in total. The van der Waals surface area contributed by atoms with Crippen LogP contribution in [-0.4, -0.2) is 37.2 Å². The van der Waals surface area contributed by atoms with E-state index in [9.17, 15) is 14.4 Å². The third-order valence-corrected chi connectivity index (χ3v) is 2.82. The van der Waals surface area contributed by atoms with Crippen molar-refractivity contribution >= 4 is 17.5 Å². The molecule has 0 aromatic carbocycles. The molecule has 0 aliphatic rings. The number of amides is 1. The second-order valence-corrected chi connectivity index (χ2v) is 4.35. The standard InChI is InChI=1S/C13H14N4O4/c1-2-5-9(12(19)20)14-11(18)8-17-13(21)16-7-4-3-6-10(16)15-17/h2-4,6-7,9H,1,5,8H2,(H,14,18)(H,19,20). The Balaban J connectivity index is 2.14. The number of carbonyl (C=O) groups is 2. The van der Waals surface area contributed by atoms with E-state index in [0.29, 0.717) is 5.65 Å². The van der Waals surface area contributed by atoms with E-state index < -0.39 is 23.6 Å². The van der Waals surface area contributed by atoms with Gasteiger partial charge in [-0.1, -0.05) is 12.1 Å². The molecule has 0 spiro atoms. The Kier molecular flexibility index (Phi) is 4.17. The van der Waals surface area contributed by atoms with Crippen molar-refractivity contribution in [1.29, 1.82) is 0 Å². The molecule has 0 aliphatic heterocycles. The molecule has 0 saturated carbocycles. The monoisotopic (exact) mass is 290 g/mol. The summed E-state index contributed by atoms with van der Waals surface area (Å²) in [6, 6.07) is 3.96. The SMILES string of the molecule is C=CCC(NC(=O)Cn1nc2ccccn2c1=O)C(=O)O. The highest BCUT2D eigenvalue weighted by atomic mass is 16.4. The van der Waals surface area contributed by atoms with Gasteiger partial charge in [0.05, 0.1) is 0 Å². The van der Waals surface area contributed by atoms with Gasteiger partial charge in [0.2, 0.25) is 5.91 Å². The number of rotatable bonds is 6. The molecule has 2 aromatic heterocycles. The molecule has 1 atom stereocenters. The number of carboxylic acid groups (broad SMARTS) is 1. The summed E-state index contributed by atoms with van der Waals surface area (Å²) in [7, 11) is 0. The first-order chi connectivity index (χ1) is 10.0. The summed E-state index contributed by atoms with van der Waals surface area (Å²) in [4.78, 5) is 34.7. The molecular weight excluding hydrogens is 276 g/mol. The molecule has 21 heavy (non-hydrogen) atoms. The third-order valence-electron chi connectivity index (χ3n) is 2.82. The lowest BCUT2D eigenvalue weighted by atomic mass is 10.2. The first-order valence-electron chi connectivity index (χ1n) is 6.20. The summed E-state index contributed by atoms with van der Waals surface area (Å²) in [5, 5.41) is 15.2. The quantitative estimate of drug-likeness (QED) is 0.707. The highest BCUT2D eigenvalue weighted by molar-refractivity contribution is 5.83. The largest absolute Gasteiger partial charge is 0.480 e. The molecule has 8 nitrogen and oxygen atoms in total. The minimum absolute atomic E-state index is 0.0984. The maximum atomic E-state index is 12.0. The molecule has 110 valence electrons. The van der Waals surface area contributed by atoms with E-state index in [1.165, 1.54) is 16.7 Å². The van der Waals surface area contributed by atoms with Crippen LogP contribution >= 0.6 is 0 Å². The molecule has 0 aliphatic carbocycles. The van der Waals surface area contributed by atoms with E-state index in [1.807, 2.05) is 0 Å². The van der Waals surface area contributed by atoms with Crippen LogP contribution in [0.3, 0.4) is 0 Å². The Hall–Kier alpha value is -2.90. The first-order valence-corrected chi connectivity index (χ1v) is 6.20. The van der Waals surface area contributed by atoms with Crippen molar-refractivity contribution in [2.45, 2.75) is 19.0 Å². The van der Waals surface area contributed by atoms with Crippen LogP contribution in [0.4, 0.5) is 0 Å². The van der Waals surface area contributed by atoms with Gasteiger partial charge in [0.1, 0.15) is 12.6 Å². The summed E-state index contributed by atoms with van der Waals surface area (Å²) in [5.41, 5.74) is -0.0486. The molecule has 2 rings (SSSR count). The van der Waals surface area contributed by atoms with E-state index in [0.717, 1.165) is 4.68 Å². The van der Waals surface area contributed by atoms with Gasteiger partial charge in [-0.2, -0.15) is 0 Å². The predicted octanol–water partition coefficient (Wildman–Crippen LogP) is -0.358. The number of hydrogen-bond donors (Lipinski definition) is 2. The number of fused-ring (bicyclic) bond motifs is 1. The fourth-order valence-corrected chi connectivity index (χ4v) is 1.84. The number of nitrogens with zero attached hydrogens (tertiary/aromatic N) is 3. The van der Waals surface area contributed by atoms with Crippen LogP contribution < -0.4 is 11.0 Å². The van der Waals surface area contributed by atoms with Crippen LogP contribution in [0.25, 0.3) is 5.65 Å². The van der Waals surface area contributed by atoms with Gasteiger partial charge in [0.15, 0.2) is 5.65 Å². The molecule has 2 aromatic rings. The van der Waals surface area contributed by atoms with Gasteiger partial charge in [-0.25, -0.2) is 14.3 Å². The minimum atomic E-state index is -1.16. The van der Waals surface area contributed by atoms with Crippen molar-refractivity contribution in [1.82, 2.24) is 19.5 Å². The molecule has 0 bridgehead atoms. The fourth-order valence-electron chi connectivity index (χ4n) is 1.84. The zero-order valence-electron chi connectivity index (χ0n) is 11.1. The molecule has 1 unspecified atom stereocenters. The average Bonchev–Trinajstić information content (AvgIpc) is 2.75. The van der Waals surface area contributed by atoms with Crippen molar-refractivity contribution in [2.24, 2.45) is 0 Å². The van der Waals surface area contributed by atoms with Crippen molar-refractivity contribution in [3.63, 3.8) is 0 Å². The van der Waals surface area contributed by atoms with Crippen LogP contribution in [0, 0.1) is 0 Å². The number of aromatic nitrogens is 3. The van der Waals surface area contributed by atoms with E-state index in [4.69, 9.17) is 5.11 Å². The van der Waals surface area contributed by atoms with Gasteiger partial charge in [0.25, 0.3) is 0 Å². The van der Waals surface area contributed by atoms with Crippen LogP contribution in [0.15, 0.2) is 41.8 Å². The summed E-state index contributed by atoms with van der Waals surface area (Å²) in [6.45, 7) is 3.09. The molecular formula is C13H14N4O4. The third kappa shape index (κ3) is 3.16. The molecule has 0 saturated heterocycles. The molecule has 2 heterocycles. The Bertz CT molecular complexity index is 746. The Morgan fingerprint density at radius 3 is 2.86 bits per heavy atom. The summed E-state index contributed by atoms with van der Waals surface area (Å²) in [5.74, 6) is -1.76. The second-order valence-electron chi connectivity index (χ2n) is 4.35. The van der Waals surface area contributed by atoms with Gasteiger partial charge < -0.3 is 10.4 Å². The van der Waals surface area contributed by atoms with Crippen molar-refractivity contribution in [3.8, 4) is 0 Å². The summed E-state index contributed by atoms with van der Waals surface area (Å²) >= 11 is 0. The Morgan fingerprint density at radius 1 is 1.48 bits per heavy atom. The molecule has 8 heteroatoms.